The van der Waals surface area contributed by atoms with E-state index in [4.69, 9.17) is 4.74 Å². The molecular formula is C13H18F3N3O. The van der Waals surface area contributed by atoms with Crippen LogP contribution in [0.1, 0.15) is 44.9 Å². The second-order valence-electron chi connectivity index (χ2n) is 4.86. The van der Waals surface area contributed by atoms with Crippen molar-refractivity contribution in [2.45, 2.75) is 51.3 Å². The van der Waals surface area contributed by atoms with E-state index in [-0.39, 0.29) is 17.8 Å². The highest BCUT2D eigenvalue weighted by molar-refractivity contribution is 5.38. The van der Waals surface area contributed by atoms with Gasteiger partial charge in [-0.3, -0.25) is 0 Å². The molecule has 1 heterocycles. The largest absolute Gasteiger partial charge is 0.474 e. The van der Waals surface area contributed by atoms with Gasteiger partial charge < -0.3 is 10.1 Å². The highest BCUT2D eigenvalue weighted by atomic mass is 19.4. The van der Waals surface area contributed by atoms with Gasteiger partial charge in [0.25, 0.3) is 0 Å². The van der Waals surface area contributed by atoms with Crippen molar-refractivity contribution < 1.29 is 17.9 Å². The van der Waals surface area contributed by atoms with E-state index in [1.54, 1.807) is 0 Å². The molecule has 2 rings (SSSR count). The molecule has 1 aliphatic rings. The fourth-order valence-corrected chi connectivity index (χ4v) is 2.13. The van der Waals surface area contributed by atoms with Crippen LogP contribution in [-0.2, 0) is 6.18 Å². The zero-order valence-electron chi connectivity index (χ0n) is 11.3. The summed E-state index contributed by atoms with van der Waals surface area (Å²) in [6, 6.07) is 1.43. The third-order valence-electron chi connectivity index (χ3n) is 3.10. The van der Waals surface area contributed by atoms with Crippen LogP contribution < -0.4 is 10.1 Å². The van der Waals surface area contributed by atoms with Crippen molar-refractivity contribution in [1.29, 1.82) is 0 Å². The highest BCUT2D eigenvalue weighted by Crippen LogP contribution is 2.30. The lowest BCUT2D eigenvalue weighted by Crippen LogP contribution is -2.17. The Hall–Kier alpha value is -1.53. The van der Waals surface area contributed by atoms with Gasteiger partial charge in [0.15, 0.2) is 0 Å². The average Bonchev–Trinajstić information content (AvgIpc) is 2.88. The summed E-state index contributed by atoms with van der Waals surface area (Å²) in [7, 11) is 0. The highest BCUT2D eigenvalue weighted by Gasteiger charge is 2.36. The first kappa shape index (κ1) is 14.9. The first-order valence-corrected chi connectivity index (χ1v) is 6.86. The zero-order valence-corrected chi connectivity index (χ0v) is 11.3. The second kappa shape index (κ2) is 6.28. The minimum absolute atomic E-state index is 0.00201. The van der Waals surface area contributed by atoms with E-state index < -0.39 is 12.0 Å². The van der Waals surface area contributed by atoms with Crippen molar-refractivity contribution in [3.63, 3.8) is 0 Å². The molecule has 0 aliphatic heterocycles. The number of rotatable bonds is 5. The molecule has 1 aliphatic carbocycles. The van der Waals surface area contributed by atoms with E-state index in [2.05, 4.69) is 15.3 Å². The van der Waals surface area contributed by atoms with Crippen LogP contribution in [0.2, 0.25) is 0 Å². The van der Waals surface area contributed by atoms with Gasteiger partial charge in [-0.2, -0.15) is 18.2 Å². The van der Waals surface area contributed by atoms with E-state index in [1.807, 2.05) is 6.92 Å². The first-order valence-electron chi connectivity index (χ1n) is 6.86. The van der Waals surface area contributed by atoms with E-state index in [0.29, 0.717) is 6.54 Å². The number of halogens is 3. The molecule has 1 N–H and O–H groups in total. The Morgan fingerprint density at radius 1 is 1.30 bits per heavy atom. The van der Waals surface area contributed by atoms with E-state index in [1.165, 1.54) is 6.07 Å². The number of aromatic nitrogens is 2. The molecule has 4 nitrogen and oxygen atoms in total. The van der Waals surface area contributed by atoms with Crippen molar-refractivity contribution >= 4 is 5.82 Å². The molecule has 0 radical (unpaired) electrons. The number of anilines is 1. The smallest absolute Gasteiger partial charge is 0.451 e. The fraction of sp³-hybridized carbons (Fsp3) is 0.692. The second-order valence-corrected chi connectivity index (χ2v) is 4.86. The molecule has 1 saturated carbocycles. The maximum absolute atomic E-state index is 12.8. The van der Waals surface area contributed by atoms with Crippen molar-refractivity contribution in [3.05, 3.63) is 11.9 Å². The summed E-state index contributed by atoms with van der Waals surface area (Å²) in [5.74, 6) is -1.01. The van der Waals surface area contributed by atoms with Gasteiger partial charge in [0.1, 0.15) is 11.9 Å². The zero-order chi connectivity index (χ0) is 14.6. The lowest BCUT2D eigenvalue weighted by atomic mass is 10.3. The van der Waals surface area contributed by atoms with Crippen LogP contribution in [0.15, 0.2) is 6.07 Å². The molecule has 112 valence electrons. The third-order valence-corrected chi connectivity index (χ3v) is 3.10. The standard InChI is InChI=1S/C13H18F3N3O/c1-2-7-17-10-8-11(20-9-5-3-4-6-9)19-12(18-10)13(14,15)16/h8-9H,2-7H2,1H3,(H,17,18,19). The van der Waals surface area contributed by atoms with Gasteiger partial charge in [0, 0.05) is 12.6 Å². The Kier molecular flexibility index (Phi) is 4.67. The van der Waals surface area contributed by atoms with Crippen LogP contribution in [0.5, 0.6) is 5.88 Å². The topological polar surface area (TPSA) is 47.0 Å². The summed E-state index contributed by atoms with van der Waals surface area (Å²) < 4.78 is 43.9. The minimum atomic E-state index is -4.57. The summed E-state index contributed by atoms with van der Waals surface area (Å²) in [4.78, 5) is 6.97. The molecule has 7 heteroatoms. The quantitative estimate of drug-likeness (QED) is 0.899. The fourth-order valence-electron chi connectivity index (χ4n) is 2.13. The van der Waals surface area contributed by atoms with E-state index in [0.717, 1.165) is 32.1 Å². The molecule has 0 saturated heterocycles. The predicted molar refractivity (Wildman–Crippen MR) is 68.7 cm³/mol. The summed E-state index contributed by atoms with van der Waals surface area (Å²) in [5.41, 5.74) is 0. The van der Waals surface area contributed by atoms with Crippen LogP contribution in [0.4, 0.5) is 19.0 Å². The number of alkyl halides is 3. The lowest BCUT2D eigenvalue weighted by Gasteiger charge is -2.15. The summed E-state index contributed by atoms with van der Waals surface area (Å²) in [6.07, 6.45) is 0.00429. The van der Waals surface area contributed by atoms with Crippen LogP contribution in [0.3, 0.4) is 0 Å². The maximum atomic E-state index is 12.8. The third kappa shape index (κ3) is 3.98. The summed E-state index contributed by atoms with van der Waals surface area (Å²) in [5, 5.41) is 2.84. The Morgan fingerprint density at radius 3 is 2.60 bits per heavy atom. The van der Waals surface area contributed by atoms with Crippen LogP contribution in [0.25, 0.3) is 0 Å². The molecule has 1 aromatic heterocycles. The van der Waals surface area contributed by atoms with Crippen molar-refractivity contribution in [3.8, 4) is 5.88 Å². The predicted octanol–water partition coefficient (Wildman–Crippen LogP) is 3.64. The van der Waals surface area contributed by atoms with Gasteiger partial charge in [-0.1, -0.05) is 6.92 Å². The van der Waals surface area contributed by atoms with Crippen LogP contribution in [-0.4, -0.2) is 22.6 Å². The Bertz CT molecular complexity index is 445. The molecule has 1 fully saturated rings. The number of ether oxygens (including phenoxy) is 1. The van der Waals surface area contributed by atoms with Crippen molar-refractivity contribution in [2.24, 2.45) is 0 Å². The molecule has 1 aromatic rings. The summed E-state index contributed by atoms with van der Waals surface area (Å²) in [6.45, 7) is 2.48. The maximum Gasteiger partial charge on any atom is 0.451 e. The molecule has 0 atom stereocenters. The Balaban J connectivity index is 2.19. The molecule has 0 aromatic carbocycles. The van der Waals surface area contributed by atoms with Gasteiger partial charge in [-0.25, -0.2) is 4.98 Å². The monoisotopic (exact) mass is 289 g/mol. The Morgan fingerprint density at radius 2 is 2.00 bits per heavy atom. The van der Waals surface area contributed by atoms with Crippen molar-refractivity contribution in [1.82, 2.24) is 9.97 Å². The lowest BCUT2D eigenvalue weighted by molar-refractivity contribution is -0.145. The molecule has 0 spiro atoms. The molecule has 0 unspecified atom stereocenters. The molecule has 0 amide bonds. The molecule has 0 bridgehead atoms. The number of nitrogens with one attached hydrogen (secondary N) is 1. The summed E-state index contributed by atoms with van der Waals surface area (Å²) >= 11 is 0. The number of hydrogen-bond acceptors (Lipinski definition) is 4. The van der Waals surface area contributed by atoms with Gasteiger partial charge >= 0.3 is 6.18 Å². The van der Waals surface area contributed by atoms with Gasteiger partial charge in [0.2, 0.25) is 11.7 Å². The number of nitrogens with zero attached hydrogens (tertiary/aromatic N) is 2. The van der Waals surface area contributed by atoms with Gasteiger partial charge in [0.05, 0.1) is 0 Å². The SMILES string of the molecule is CCCNc1cc(OC2CCCC2)nc(C(F)(F)F)n1. The van der Waals surface area contributed by atoms with Crippen molar-refractivity contribution in [2.75, 3.05) is 11.9 Å². The molecular weight excluding hydrogens is 271 g/mol. The average molecular weight is 289 g/mol. The van der Waals surface area contributed by atoms with E-state index in [9.17, 15) is 13.2 Å². The van der Waals surface area contributed by atoms with E-state index >= 15 is 0 Å². The minimum Gasteiger partial charge on any atom is -0.474 e. The first-order chi connectivity index (χ1) is 9.49. The number of hydrogen-bond donors (Lipinski definition) is 1. The van der Waals surface area contributed by atoms with Gasteiger partial charge in [-0.15, -0.1) is 0 Å². The van der Waals surface area contributed by atoms with Gasteiger partial charge in [-0.05, 0) is 32.1 Å². The normalized spacial score (nSPS) is 16.4. The van der Waals surface area contributed by atoms with Crippen LogP contribution in [0, 0.1) is 0 Å². The van der Waals surface area contributed by atoms with Crippen LogP contribution >= 0.6 is 0 Å². The Labute approximate surface area is 115 Å². The molecule has 20 heavy (non-hydrogen) atoms.